The van der Waals surface area contributed by atoms with E-state index < -0.39 is 0 Å². The van der Waals surface area contributed by atoms with Gasteiger partial charge < -0.3 is 14.8 Å². The SMILES string of the molecule is COc1nc2cccc3c4c5c(cccc5c(c1-c1cccs1)c23)NC(OC)C=4c1cccs1. The standard InChI is InChI=1S/C28H20N2O2S2/c1-31-27-25(19-11-5-13-33-19)23-15-7-4-10-18-22(15)24(16-8-3-9-17(29-27)21(16)23)26(28(30-18)32-2)20-12-6-14-34-20/h3-14,27,29H,1-2H3. The van der Waals surface area contributed by atoms with Crippen molar-refractivity contribution in [2.75, 3.05) is 19.5 Å². The van der Waals surface area contributed by atoms with E-state index in [-0.39, 0.29) is 6.23 Å². The van der Waals surface area contributed by atoms with Crippen LogP contribution in [0.15, 0.2) is 71.4 Å². The number of nitrogens with one attached hydrogen (secondary N) is 1. The average Bonchev–Trinajstić information content (AvgIpc) is 3.60. The lowest BCUT2D eigenvalue weighted by Crippen LogP contribution is -2.33. The number of methoxy groups -OCH3 is 2. The monoisotopic (exact) mass is 480 g/mol. The number of anilines is 1. The summed E-state index contributed by atoms with van der Waals surface area (Å²) in [6, 6.07) is 21.4. The molecule has 3 aromatic carbocycles. The first-order chi connectivity index (χ1) is 16.8. The number of thiophene rings is 2. The summed E-state index contributed by atoms with van der Waals surface area (Å²) < 4.78 is 11.8. The van der Waals surface area contributed by atoms with Crippen molar-refractivity contribution in [3.8, 4) is 16.3 Å². The van der Waals surface area contributed by atoms with Crippen LogP contribution in [0.1, 0.15) is 4.88 Å². The molecule has 7 rings (SSSR count). The quantitative estimate of drug-likeness (QED) is 0.226. The molecule has 0 saturated heterocycles. The molecule has 0 bridgehead atoms. The van der Waals surface area contributed by atoms with Crippen molar-refractivity contribution in [3.63, 3.8) is 0 Å². The molecule has 4 nitrogen and oxygen atoms in total. The van der Waals surface area contributed by atoms with E-state index in [1.165, 1.54) is 37.2 Å². The number of ether oxygens (including phenoxy) is 2. The Morgan fingerprint density at radius 3 is 2.29 bits per heavy atom. The number of benzene rings is 3. The molecule has 166 valence electrons. The summed E-state index contributed by atoms with van der Waals surface area (Å²) in [5, 5.41) is 15.0. The smallest absolute Gasteiger partial charge is 0.223 e. The van der Waals surface area contributed by atoms with Crippen molar-refractivity contribution in [1.29, 1.82) is 0 Å². The maximum absolute atomic E-state index is 5.99. The van der Waals surface area contributed by atoms with Gasteiger partial charge in [-0.05, 0) is 45.8 Å². The van der Waals surface area contributed by atoms with Crippen molar-refractivity contribution in [2.24, 2.45) is 0 Å². The van der Waals surface area contributed by atoms with E-state index in [2.05, 4.69) is 76.7 Å². The van der Waals surface area contributed by atoms with Crippen LogP contribution in [-0.4, -0.2) is 25.4 Å². The van der Waals surface area contributed by atoms with Crippen LogP contribution in [0.5, 0.6) is 5.88 Å². The summed E-state index contributed by atoms with van der Waals surface area (Å²) in [5.74, 6) is 0.657. The Labute approximate surface area is 204 Å². The topological polar surface area (TPSA) is 43.4 Å². The van der Waals surface area contributed by atoms with Crippen LogP contribution in [0.4, 0.5) is 5.69 Å². The third-order valence-electron chi connectivity index (χ3n) is 6.63. The fraction of sp³-hybridized carbons (Fsp3) is 0.107. The van der Waals surface area contributed by atoms with E-state index in [4.69, 9.17) is 14.5 Å². The molecule has 1 unspecified atom stereocenters. The van der Waals surface area contributed by atoms with Gasteiger partial charge in [0.2, 0.25) is 5.88 Å². The van der Waals surface area contributed by atoms with Crippen molar-refractivity contribution >= 4 is 66.4 Å². The second-order valence-corrected chi connectivity index (χ2v) is 10.2. The van der Waals surface area contributed by atoms with Crippen LogP contribution in [-0.2, 0) is 4.74 Å². The van der Waals surface area contributed by atoms with Gasteiger partial charge in [-0.1, -0.05) is 36.4 Å². The predicted octanol–water partition coefficient (Wildman–Crippen LogP) is 6.66. The van der Waals surface area contributed by atoms with Gasteiger partial charge in [-0.2, -0.15) is 0 Å². The number of nitrogens with zero attached hydrogens (tertiary/aromatic N) is 1. The Kier molecular flexibility index (Phi) is 4.42. The number of hydrogen-bond acceptors (Lipinski definition) is 6. The van der Waals surface area contributed by atoms with Gasteiger partial charge in [-0.15, -0.1) is 22.7 Å². The molecule has 0 amide bonds. The van der Waals surface area contributed by atoms with E-state index in [0.29, 0.717) is 5.88 Å². The highest BCUT2D eigenvalue weighted by molar-refractivity contribution is 7.13. The van der Waals surface area contributed by atoms with Crippen LogP contribution >= 0.6 is 22.7 Å². The molecule has 0 fully saturated rings. The van der Waals surface area contributed by atoms with Gasteiger partial charge >= 0.3 is 0 Å². The first-order valence-corrected chi connectivity index (χ1v) is 12.8. The Hall–Kier alpha value is -3.45. The average molecular weight is 481 g/mol. The highest BCUT2D eigenvalue weighted by atomic mass is 32.1. The molecule has 3 aromatic heterocycles. The van der Waals surface area contributed by atoms with Gasteiger partial charge in [-0.25, -0.2) is 4.98 Å². The van der Waals surface area contributed by atoms with Gasteiger partial charge in [0.25, 0.3) is 0 Å². The van der Waals surface area contributed by atoms with Crippen LogP contribution < -0.4 is 15.3 Å². The summed E-state index contributed by atoms with van der Waals surface area (Å²) in [6.45, 7) is 0. The number of pyridine rings is 1. The van der Waals surface area contributed by atoms with E-state index in [0.717, 1.165) is 27.0 Å². The van der Waals surface area contributed by atoms with Gasteiger partial charge in [-0.3, -0.25) is 0 Å². The van der Waals surface area contributed by atoms with E-state index in [1.807, 2.05) is 0 Å². The first-order valence-electron chi connectivity index (χ1n) is 11.1. The molecule has 1 N–H and O–H groups in total. The molecule has 4 heterocycles. The van der Waals surface area contributed by atoms with Gasteiger partial charge in [0, 0.05) is 49.5 Å². The lowest BCUT2D eigenvalue weighted by molar-refractivity contribution is 0.169. The molecule has 0 radical (unpaired) electrons. The highest BCUT2D eigenvalue weighted by Crippen LogP contribution is 2.46. The Morgan fingerprint density at radius 2 is 1.56 bits per heavy atom. The fourth-order valence-corrected chi connectivity index (χ4v) is 6.90. The molecule has 1 aliphatic rings. The molecule has 6 aromatic rings. The zero-order valence-electron chi connectivity index (χ0n) is 18.6. The van der Waals surface area contributed by atoms with Gasteiger partial charge in [0.15, 0.2) is 6.23 Å². The van der Waals surface area contributed by atoms with Crippen molar-refractivity contribution in [2.45, 2.75) is 6.23 Å². The highest BCUT2D eigenvalue weighted by Gasteiger charge is 2.28. The Balaban J connectivity index is 1.84. The van der Waals surface area contributed by atoms with E-state index in [9.17, 15) is 0 Å². The normalized spacial score (nSPS) is 15.4. The fourth-order valence-electron chi connectivity index (χ4n) is 5.34. The molecule has 0 saturated carbocycles. The number of fused-ring (bicyclic) bond motifs is 2. The molecule has 1 atom stereocenters. The second kappa shape index (κ2) is 7.53. The lowest BCUT2D eigenvalue weighted by Gasteiger charge is -2.29. The summed E-state index contributed by atoms with van der Waals surface area (Å²) in [5.41, 5.74) is 4.24. The third-order valence-corrected chi connectivity index (χ3v) is 8.42. The van der Waals surface area contributed by atoms with Crippen LogP contribution in [0.25, 0.3) is 48.5 Å². The maximum atomic E-state index is 5.99. The molecule has 0 aliphatic carbocycles. The maximum Gasteiger partial charge on any atom is 0.223 e. The van der Waals surface area contributed by atoms with Crippen molar-refractivity contribution in [1.82, 2.24) is 4.98 Å². The van der Waals surface area contributed by atoms with Gasteiger partial charge in [0.1, 0.15) is 0 Å². The second-order valence-electron chi connectivity index (χ2n) is 8.30. The third kappa shape index (κ3) is 2.64. The van der Waals surface area contributed by atoms with Crippen molar-refractivity contribution in [3.05, 3.63) is 81.5 Å². The predicted molar refractivity (Wildman–Crippen MR) is 143 cm³/mol. The zero-order chi connectivity index (χ0) is 22.8. The molecular formula is C28H20N2O2S2. The Bertz CT molecular complexity index is 1760. The first kappa shape index (κ1) is 20.0. The number of aromatic nitrogens is 1. The lowest BCUT2D eigenvalue weighted by atomic mass is 9.87. The largest absolute Gasteiger partial charge is 0.480 e. The van der Waals surface area contributed by atoms with Crippen molar-refractivity contribution < 1.29 is 9.47 Å². The van der Waals surface area contributed by atoms with Gasteiger partial charge in [0.05, 0.1) is 18.2 Å². The van der Waals surface area contributed by atoms with E-state index >= 15 is 0 Å². The minimum absolute atomic E-state index is 0.240. The minimum Gasteiger partial charge on any atom is -0.480 e. The van der Waals surface area contributed by atoms with E-state index in [1.54, 1.807) is 36.9 Å². The minimum atomic E-state index is -0.240. The van der Waals surface area contributed by atoms with Crippen LogP contribution in [0, 0.1) is 0 Å². The summed E-state index contributed by atoms with van der Waals surface area (Å²) in [4.78, 5) is 7.33. The summed E-state index contributed by atoms with van der Waals surface area (Å²) in [7, 11) is 3.47. The molecular weight excluding hydrogens is 460 g/mol. The summed E-state index contributed by atoms with van der Waals surface area (Å²) in [6.07, 6.45) is -0.240. The van der Waals surface area contributed by atoms with Crippen LogP contribution in [0.2, 0.25) is 0 Å². The summed E-state index contributed by atoms with van der Waals surface area (Å²) >= 11 is 3.45. The number of hydrogen-bond donors (Lipinski definition) is 1. The zero-order valence-corrected chi connectivity index (χ0v) is 20.2. The molecule has 34 heavy (non-hydrogen) atoms. The molecule has 0 spiro atoms. The molecule has 1 aliphatic heterocycles. The van der Waals surface area contributed by atoms with Crippen LogP contribution in [0.3, 0.4) is 0 Å². The Morgan fingerprint density at radius 1 is 0.794 bits per heavy atom. The number of rotatable bonds is 4. The molecule has 6 heteroatoms.